The molecule has 0 spiro atoms. The number of phenolic OH excluding ortho intramolecular Hbond substituents is 1. The second kappa shape index (κ2) is 5.58. The maximum atomic E-state index is 9.86. The van der Waals surface area contributed by atoms with Crippen molar-refractivity contribution in [3.63, 3.8) is 0 Å². The predicted octanol–water partition coefficient (Wildman–Crippen LogP) is 5.60. The highest BCUT2D eigenvalue weighted by Gasteiger charge is 2.09. The third-order valence-electron chi connectivity index (χ3n) is 2.49. The molecule has 2 aromatic rings. The fourth-order valence-electron chi connectivity index (χ4n) is 1.62. The van der Waals surface area contributed by atoms with Crippen molar-refractivity contribution >= 4 is 46.4 Å². The van der Waals surface area contributed by atoms with Crippen LogP contribution < -0.4 is 0 Å². The van der Waals surface area contributed by atoms with Gasteiger partial charge in [0.15, 0.2) is 0 Å². The van der Waals surface area contributed by atoms with E-state index in [1.165, 1.54) is 6.07 Å². The van der Waals surface area contributed by atoms with Crippen LogP contribution in [0.2, 0.25) is 20.1 Å². The fourth-order valence-corrected chi connectivity index (χ4v) is 2.48. The van der Waals surface area contributed by atoms with E-state index in [1.807, 2.05) is 6.07 Å². The minimum Gasteiger partial charge on any atom is -0.506 e. The van der Waals surface area contributed by atoms with E-state index in [0.29, 0.717) is 27.1 Å². The smallest absolute Gasteiger partial charge is 0.137 e. The van der Waals surface area contributed by atoms with E-state index in [4.69, 9.17) is 46.4 Å². The van der Waals surface area contributed by atoms with Crippen LogP contribution in [0.15, 0.2) is 30.3 Å². The number of phenols is 1. The van der Waals surface area contributed by atoms with Crippen molar-refractivity contribution in [3.05, 3.63) is 61.5 Å². The van der Waals surface area contributed by atoms with E-state index >= 15 is 0 Å². The van der Waals surface area contributed by atoms with Gasteiger partial charge in [-0.25, -0.2) is 0 Å². The largest absolute Gasteiger partial charge is 0.506 e. The fraction of sp³-hybridized carbons (Fsp3) is 0.0769. The van der Waals surface area contributed by atoms with Crippen LogP contribution in [0.1, 0.15) is 11.1 Å². The van der Waals surface area contributed by atoms with Crippen LogP contribution in [0.25, 0.3) is 0 Å². The summed E-state index contributed by atoms with van der Waals surface area (Å²) in [5.74, 6) is 0.0344. The van der Waals surface area contributed by atoms with E-state index in [2.05, 4.69) is 0 Å². The number of hydrogen-bond donors (Lipinski definition) is 1. The molecule has 0 aliphatic heterocycles. The monoisotopic (exact) mass is 320 g/mol. The summed E-state index contributed by atoms with van der Waals surface area (Å²) in [6.07, 6.45) is 0.475. The van der Waals surface area contributed by atoms with E-state index in [1.54, 1.807) is 18.2 Å². The van der Waals surface area contributed by atoms with Crippen molar-refractivity contribution in [2.45, 2.75) is 6.42 Å². The highest BCUT2D eigenvalue weighted by atomic mass is 35.5. The summed E-state index contributed by atoms with van der Waals surface area (Å²) in [6.45, 7) is 0. The molecular formula is C13H8Cl4O. The summed E-state index contributed by atoms with van der Waals surface area (Å²) >= 11 is 23.5. The third kappa shape index (κ3) is 3.04. The lowest BCUT2D eigenvalue weighted by Crippen LogP contribution is -1.90. The zero-order chi connectivity index (χ0) is 13.3. The second-order valence-electron chi connectivity index (χ2n) is 3.82. The molecule has 2 rings (SSSR count). The van der Waals surface area contributed by atoms with Crippen molar-refractivity contribution < 1.29 is 5.11 Å². The molecule has 0 fully saturated rings. The summed E-state index contributed by atoms with van der Waals surface area (Å²) in [4.78, 5) is 0. The van der Waals surface area contributed by atoms with Crippen molar-refractivity contribution in [2.75, 3.05) is 0 Å². The molecule has 94 valence electrons. The number of benzene rings is 2. The summed E-state index contributed by atoms with van der Waals surface area (Å²) in [7, 11) is 0. The minimum atomic E-state index is 0.0344. The Balaban J connectivity index is 2.36. The van der Waals surface area contributed by atoms with E-state index in [-0.39, 0.29) is 10.8 Å². The lowest BCUT2D eigenvalue weighted by molar-refractivity contribution is 0.470. The van der Waals surface area contributed by atoms with Gasteiger partial charge in [-0.15, -0.1) is 0 Å². The van der Waals surface area contributed by atoms with Gasteiger partial charge in [0.25, 0.3) is 0 Å². The molecule has 0 heterocycles. The molecule has 1 nitrogen and oxygen atoms in total. The first-order valence-electron chi connectivity index (χ1n) is 5.08. The van der Waals surface area contributed by atoms with Gasteiger partial charge in [0, 0.05) is 17.0 Å². The first-order chi connectivity index (χ1) is 8.47. The molecule has 5 heteroatoms. The molecular weight excluding hydrogens is 314 g/mol. The van der Waals surface area contributed by atoms with Crippen LogP contribution in [0.3, 0.4) is 0 Å². The summed E-state index contributed by atoms with van der Waals surface area (Å²) in [5, 5.41) is 11.5. The molecule has 2 aromatic carbocycles. The molecule has 0 aromatic heterocycles. The average molecular weight is 322 g/mol. The van der Waals surface area contributed by atoms with Gasteiger partial charge in [-0.1, -0.05) is 52.5 Å². The predicted molar refractivity (Wildman–Crippen MR) is 77.4 cm³/mol. The summed E-state index contributed by atoms with van der Waals surface area (Å²) in [5.41, 5.74) is 1.56. The van der Waals surface area contributed by atoms with Crippen LogP contribution in [-0.4, -0.2) is 5.11 Å². The van der Waals surface area contributed by atoms with Gasteiger partial charge in [-0.2, -0.15) is 0 Å². The Morgan fingerprint density at radius 1 is 0.833 bits per heavy atom. The van der Waals surface area contributed by atoms with Crippen molar-refractivity contribution in [1.29, 1.82) is 0 Å². The van der Waals surface area contributed by atoms with Gasteiger partial charge in [-0.3, -0.25) is 0 Å². The van der Waals surface area contributed by atoms with E-state index in [9.17, 15) is 5.11 Å². The second-order valence-corrected chi connectivity index (χ2v) is 5.48. The molecule has 0 aliphatic rings. The maximum absolute atomic E-state index is 9.86. The van der Waals surface area contributed by atoms with E-state index < -0.39 is 0 Å². The topological polar surface area (TPSA) is 20.2 Å². The van der Waals surface area contributed by atoms with Crippen molar-refractivity contribution in [3.8, 4) is 5.75 Å². The number of hydrogen-bond acceptors (Lipinski definition) is 1. The van der Waals surface area contributed by atoms with Crippen LogP contribution in [-0.2, 0) is 6.42 Å². The molecule has 0 aliphatic carbocycles. The molecule has 1 N–H and O–H groups in total. The zero-order valence-corrected chi connectivity index (χ0v) is 12.1. The highest BCUT2D eigenvalue weighted by molar-refractivity contribution is 6.42. The van der Waals surface area contributed by atoms with Gasteiger partial charge in [0.05, 0.1) is 15.1 Å². The van der Waals surface area contributed by atoms with Gasteiger partial charge in [-0.05, 0) is 29.8 Å². The number of aromatic hydroxyl groups is 1. The van der Waals surface area contributed by atoms with Gasteiger partial charge in [0.1, 0.15) is 5.75 Å². The first kappa shape index (κ1) is 13.8. The molecule has 0 unspecified atom stereocenters. The van der Waals surface area contributed by atoms with Crippen LogP contribution >= 0.6 is 46.4 Å². The van der Waals surface area contributed by atoms with Gasteiger partial charge < -0.3 is 5.11 Å². The molecule has 0 amide bonds. The molecule has 0 bridgehead atoms. The van der Waals surface area contributed by atoms with Crippen molar-refractivity contribution in [2.24, 2.45) is 0 Å². The van der Waals surface area contributed by atoms with E-state index in [0.717, 1.165) is 5.56 Å². The van der Waals surface area contributed by atoms with Crippen LogP contribution in [0.5, 0.6) is 5.75 Å². The van der Waals surface area contributed by atoms with Crippen LogP contribution in [0.4, 0.5) is 0 Å². The molecule has 0 radical (unpaired) electrons. The zero-order valence-electron chi connectivity index (χ0n) is 9.05. The average Bonchev–Trinajstić information content (AvgIpc) is 2.30. The molecule has 0 atom stereocenters. The maximum Gasteiger partial charge on any atom is 0.137 e. The van der Waals surface area contributed by atoms with Gasteiger partial charge >= 0.3 is 0 Å². The SMILES string of the molecule is Oc1c(Cl)cc(Cl)cc1Cc1ccc(Cl)c(Cl)c1. The number of halogens is 4. The first-order valence-corrected chi connectivity index (χ1v) is 6.59. The number of rotatable bonds is 2. The Hall–Kier alpha value is -0.600. The normalized spacial score (nSPS) is 10.7. The Morgan fingerprint density at radius 3 is 2.22 bits per heavy atom. The quantitative estimate of drug-likeness (QED) is 0.763. The van der Waals surface area contributed by atoms with Crippen molar-refractivity contribution in [1.82, 2.24) is 0 Å². The lowest BCUT2D eigenvalue weighted by atomic mass is 10.0. The van der Waals surface area contributed by atoms with Crippen LogP contribution in [0, 0.1) is 0 Å². The Bertz CT molecular complexity index is 596. The Labute approximate surface area is 125 Å². The minimum absolute atomic E-state index is 0.0344. The molecule has 0 saturated heterocycles. The summed E-state index contributed by atoms with van der Waals surface area (Å²) < 4.78 is 0. The standard InChI is InChI=1S/C13H8Cl4O/c14-9-5-8(13(18)12(17)6-9)3-7-1-2-10(15)11(16)4-7/h1-2,4-6,18H,3H2. The molecule has 0 saturated carbocycles. The third-order valence-corrected chi connectivity index (χ3v) is 3.73. The van der Waals surface area contributed by atoms with Gasteiger partial charge in [0.2, 0.25) is 0 Å². The Kier molecular flexibility index (Phi) is 4.29. The molecule has 18 heavy (non-hydrogen) atoms. The highest BCUT2D eigenvalue weighted by Crippen LogP contribution is 2.33. The summed E-state index contributed by atoms with van der Waals surface area (Å²) in [6, 6.07) is 8.46. The Morgan fingerprint density at radius 2 is 1.56 bits per heavy atom. The lowest BCUT2D eigenvalue weighted by Gasteiger charge is -2.08.